The van der Waals surface area contributed by atoms with Crippen molar-refractivity contribution in [3.8, 4) is 0 Å². The Labute approximate surface area is 175 Å². The van der Waals surface area contributed by atoms with Crippen LogP contribution >= 0.6 is 0 Å². The van der Waals surface area contributed by atoms with Crippen molar-refractivity contribution in [1.29, 1.82) is 0 Å². The Kier molecular flexibility index (Phi) is 6.01. The molecule has 0 atom stereocenters. The molecule has 0 radical (unpaired) electrons. The maximum atomic E-state index is 12.3. The lowest BCUT2D eigenvalue weighted by atomic mass is 10.1. The summed E-state index contributed by atoms with van der Waals surface area (Å²) in [7, 11) is 0. The van der Waals surface area contributed by atoms with Gasteiger partial charge in [0, 0.05) is 29.8 Å². The van der Waals surface area contributed by atoms with Crippen LogP contribution in [-0.2, 0) is 4.79 Å². The number of nitrogens with one attached hydrogen (secondary N) is 2. The van der Waals surface area contributed by atoms with Gasteiger partial charge in [0.15, 0.2) is 0 Å². The van der Waals surface area contributed by atoms with E-state index in [1.807, 2.05) is 20.8 Å². The number of hydrogen-bond donors (Lipinski definition) is 2. The predicted octanol–water partition coefficient (Wildman–Crippen LogP) is 3.23. The molecule has 0 fully saturated rings. The summed E-state index contributed by atoms with van der Waals surface area (Å²) in [5.74, 6) is -1.04. The van der Waals surface area contributed by atoms with Crippen molar-refractivity contribution < 1.29 is 19.2 Å². The largest absolute Gasteiger partial charge is 0.347 e. The highest BCUT2D eigenvalue weighted by Gasteiger charge is 2.34. The fourth-order valence-corrected chi connectivity index (χ4v) is 3.18. The monoisotopic (exact) mass is 407 g/mol. The second-order valence-corrected chi connectivity index (χ2v) is 8.24. The van der Waals surface area contributed by atoms with Crippen LogP contribution in [0.25, 0.3) is 0 Å². The van der Waals surface area contributed by atoms with Gasteiger partial charge in [-0.3, -0.25) is 24.1 Å². The van der Waals surface area contributed by atoms with Crippen molar-refractivity contribution in [2.24, 2.45) is 0 Å². The number of amides is 4. The van der Waals surface area contributed by atoms with Crippen LogP contribution < -0.4 is 10.6 Å². The van der Waals surface area contributed by atoms with Crippen molar-refractivity contribution in [2.75, 3.05) is 11.9 Å². The van der Waals surface area contributed by atoms with Crippen LogP contribution in [0.15, 0.2) is 48.5 Å². The second kappa shape index (κ2) is 8.49. The average molecular weight is 407 g/mol. The zero-order valence-electron chi connectivity index (χ0n) is 17.3. The van der Waals surface area contributed by atoms with Gasteiger partial charge in [-0.2, -0.15) is 0 Å². The summed E-state index contributed by atoms with van der Waals surface area (Å²) in [4.78, 5) is 50.2. The third-order valence-corrected chi connectivity index (χ3v) is 4.58. The molecule has 3 rings (SSSR count). The van der Waals surface area contributed by atoms with E-state index in [1.165, 1.54) is 4.90 Å². The molecule has 0 saturated carbocycles. The van der Waals surface area contributed by atoms with Crippen LogP contribution in [0.5, 0.6) is 0 Å². The Hall–Kier alpha value is -3.48. The van der Waals surface area contributed by atoms with Crippen LogP contribution in [0.2, 0.25) is 0 Å². The van der Waals surface area contributed by atoms with Crippen LogP contribution in [-0.4, -0.2) is 40.6 Å². The predicted molar refractivity (Wildman–Crippen MR) is 113 cm³/mol. The quantitative estimate of drug-likeness (QED) is 0.719. The minimum atomic E-state index is -0.330. The SMILES string of the molecule is CC(C)(C)NC(=O)c1ccc(NC(=O)CCCN2C(=O)c3ccccc3C2=O)cc1. The molecule has 0 bridgehead atoms. The van der Waals surface area contributed by atoms with E-state index in [9.17, 15) is 19.2 Å². The van der Waals surface area contributed by atoms with E-state index in [0.29, 0.717) is 28.8 Å². The molecule has 0 saturated heterocycles. The fourth-order valence-electron chi connectivity index (χ4n) is 3.18. The maximum Gasteiger partial charge on any atom is 0.261 e. The second-order valence-electron chi connectivity index (χ2n) is 8.24. The van der Waals surface area contributed by atoms with Crippen LogP contribution in [0.4, 0.5) is 5.69 Å². The molecule has 7 heteroatoms. The van der Waals surface area contributed by atoms with Gasteiger partial charge in [-0.25, -0.2) is 0 Å². The topological polar surface area (TPSA) is 95.6 Å². The molecule has 7 nitrogen and oxygen atoms in total. The number of carbonyl (C=O) groups excluding carboxylic acids is 4. The van der Waals surface area contributed by atoms with Gasteiger partial charge >= 0.3 is 0 Å². The molecule has 1 aliphatic rings. The number of carbonyl (C=O) groups is 4. The van der Waals surface area contributed by atoms with Crippen molar-refractivity contribution in [3.63, 3.8) is 0 Å². The lowest BCUT2D eigenvalue weighted by Crippen LogP contribution is -2.40. The zero-order valence-corrected chi connectivity index (χ0v) is 17.3. The van der Waals surface area contributed by atoms with Crippen molar-refractivity contribution in [1.82, 2.24) is 10.2 Å². The van der Waals surface area contributed by atoms with Crippen LogP contribution in [0.3, 0.4) is 0 Å². The normalized spacial score (nSPS) is 13.2. The number of fused-ring (bicyclic) bond motifs is 1. The molecule has 2 aromatic rings. The molecule has 1 aliphatic heterocycles. The maximum absolute atomic E-state index is 12.3. The Balaban J connectivity index is 1.48. The van der Waals surface area contributed by atoms with E-state index in [4.69, 9.17) is 0 Å². The van der Waals surface area contributed by atoms with E-state index in [1.54, 1.807) is 48.5 Å². The molecule has 2 N–H and O–H groups in total. The number of anilines is 1. The summed E-state index contributed by atoms with van der Waals surface area (Å²) in [6.45, 7) is 5.90. The highest BCUT2D eigenvalue weighted by atomic mass is 16.2. The van der Waals surface area contributed by atoms with E-state index < -0.39 is 0 Å². The van der Waals surface area contributed by atoms with Gasteiger partial charge in [0.2, 0.25) is 5.91 Å². The van der Waals surface area contributed by atoms with E-state index in [-0.39, 0.29) is 42.1 Å². The van der Waals surface area contributed by atoms with Crippen molar-refractivity contribution in [2.45, 2.75) is 39.2 Å². The lowest BCUT2D eigenvalue weighted by molar-refractivity contribution is -0.116. The van der Waals surface area contributed by atoms with Gasteiger partial charge in [0.1, 0.15) is 0 Å². The number of benzene rings is 2. The number of nitrogens with zero attached hydrogens (tertiary/aromatic N) is 1. The first-order chi connectivity index (χ1) is 14.2. The summed E-state index contributed by atoms with van der Waals surface area (Å²) >= 11 is 0. The molecular weight excluding hydrogens is 382 g/mol. The average Bonchev–Trinajstić information content (AvgIpc) is 2.92. The van der Waals surface area contributed by atoms with Gasteiger partial charge in [-0.15, -0.1) is 0 Å². The van der Waals surface area contributed by atoms with Crippen molar-refractivity contribution in [3.05, 3.63) is 65.2 Å². The van der Waals surface area contributed by atoms with Crippen LogP contribution in [0.1, 0.15) is 64.7 Å². The summed E-state index contributed by atoms with van der Waals surface area (Å²) in [5, 5.41) is 5.64. The Morgan fingerprint density at radius 2 is 1.47 bits per heavy atom. The van der Waals surface area contributed by atoms with Gasteiger partial charge in [-0.1, -0.05) is 12.1 Å². The lowest BCUT2D eigenvalue weighted by Gasteiger charge is -2.20. The summed E-state index contributed by atoms with van der Waals surface area (Å²) in [5.41, 5.74) is 1.57. The highest BCUT2D eigenvalue weighted by Crippen LogP contribution is 2.22. The van der Waals surface area contributed by atoms with Crippen molar-refractivity contribution >= 4 is 29.3 Å². The molecular formula is C23H25N3O4. The minimum absolute atomic E-state index is 0.166. The minimum Gasteiger partial charge on any atom is -0.347 e. The Bertz CT molecular complexity index is 955. The number of imide groups is 1. The molecule has 4 amide bonds. The first kappa shape index (κ1) is 21.2. The fraction of sp³-hybridized carbons (Fsp3) is 0.304. The Morgan fingerprint density at radius 3 is 2.00 bits per heavy atom. The molecule has 2 aromatic carbocycles. The zero-order chi connectivity index (χ0) is 21.9. The summed E-state index contributed by atoms with van der Waals surface area (Å²) in [6, 6.07) is 13.3. The first-order valence-electron chi connectivity index (χ1n) is 9.83. The molecule has 0 aromatic heterocycles. The Morgan fingerprint density at radius 1 is 0.900 bits per heavy atom. The molecule has 0 unspecified atom stereocenters. The molecule has 0 spiro atoms. The number of rotatable bonds is 6. The van der Waals surface area contributed by atoms with Gasteiger partial charge in [0.25, 0.3) is 17.7 Å². The van der Waals surface area contributed by atoms with E-state index in [0.717, 1.165) is 0 Å². The highest BCUT2D eigenvalue weighted by molar-refractivity contribution is 6.21. The molecule has 30 heavy (non-hydrogen) atoms. The molecule has 1 heterocycles. The molecule has 156 valence electrons. The number of hydrogen-bond acceptors (Lipinski definition) is 4. The summed E-state index contributed by atoms with van der Waals surface area (Å²) < 4.78 is 0. The van der Waals surface area contributed by atoms with E-state index >= 15 is 0 Å². The first-order valence-corrected chi connectivity index (χ1v) is 9.83. The van der Waals surface area contributed by atoms with Gasteiger partial charge < -0.3 is 10.6 Å². The van der Waals surface area contributed by atoms with Crippen LogP contribution in [0, 0.1) is 0 Å². The van der Waals surface area contributed by atoms with Gasteiger partial charge in [-0.05, 0) is 63.6 Å². The third-order valence-electron chi connectivity index (χ3n) is 4.58. The third kappa shape index (κ3) is 4.92. The summed E-state index contributed by atoms with van der Waals surface area (Å²) in [6.07, 6.45) is 0.531. The van der Waals surface area contributed by atoms with Gasteiger partial charge in [0.05, 0.1) is 11.1 Å². The van der Waals surface area contributed by atoms with E-state index in [2.05, 4.69) is 10.6 Å². The standard InChI is InChI=1S/C23H25N3O4/c1-23(2,3)25-20(28)15-10-12-16(13-11-15)24-19(27)9-6-14-26-21(29)17-7-4-5-8-18(17)22(26)30/h4-5,7-8,10-13H,6,9,14H2,1-3H3,(H,24,27)(H,25,28). The molecule has 0 aliphatic carbocycles. The smallest absolute Gasteiger partial charge is 0.261 e.